The van der Waals surface area contributed by atoms with E-state index in [1.807, 2.05) is 50.5 Å². The fraction of sp³-hybridized carbons (Fsp3) is 0.312. The maximum Gasteiger partial charge on any atom is 0.268 e. The lowest BCUT2D eigenvalue weighted by Gasteiger charge is -2.17. The molecule has 0 radical (unpaired) electrons. The second kappa shape index (κ2) is 6.83. The molecule has 1 aromatic carbocycles. The molecule has 0 aliphatic rings. The molecular formula is C16H20N2O3. The van der Waals surface area contributed by atoms with Crippen LogP contribution in [0, 0.1) is 0 Å². The third kappa shape index (κ3) is 3.78. The summed E-state index contributed by atoms with van der Waals surface area (Å²) < 4.78 is 12.8. The van der Waals surface area contributed by atoms with Crippen LogP contribution in [0.1, 0.15) is 17.4 Å². The minimum absolute atomic E-state index is 0.113. The summed E-state index contributed by atoms with van der Waals surface area (Å²) in [7, 11) is 3.44. The minimum atomic E-state index is -0.162. The molecule has 5 nitrogen and oxygen atoms in total. The van der Waals surface area contributed by atoms with E-state index in [-0.39, 0.29) is 12.0 Å². The number of aryl methyl sites for hydroxylation is 1. The number of hydrogen-bond acceptors (Lipinski definition) is 3. The van der Waals surface area contributed by atoms with Crippen molar-refractivity contribution in [1.29, 1.82) is 0 Å². The van der Waals surface area contributed by atoms with Crippen LogP contribution in [-0.4, -0.2) is 30.2 Å². The van der Waals surface area contributed by atoms with Gasteiger partial charge < -0.3 is 19.4 Å². The number of rotatable bonds is 6. The molecule has 0 aliphatic heterocycles. The van der Waals surface area contributed by atoms with Crippen molar-refractivity contribution >= 4 is 5.91 Å². The number of ether oxygens (including phenoxy) is 2. The van der Waals surface area contributed by atoms with Crippen LogP contribution < -0.4 is 14.8 Å². The summed E-state index contributed by atoms with van der Waals surface area (Å²) in [5.74, 6) is 1.23. The number of carbonyl (C=O) groups is 1. The van der Waals surface area contributed by atoms with Gasteiger partial charge in [-0.25, -0.2) is 0 Å². The maximum atomic E-state index is 12.0. The maximum absolute atomic E-state index is 12.0. The molecule has 1 N–H and O–H groups in total. The molecule has 112 valence electrons. The zero-order chi connectivity index (χ0) is 15.2. The molecule has 5 heteroatoms. The Bertz CT molecular complexity index is 607. The zero-order valence-electron chi connectivity index (χ0n) is 12.5. The predicted molar refractivity (Wildman–Crippen MR) is 80.8 cm³/mol. The molecule has 0 unspecified atom stereocenters. The van der Waals surface area contributed by atoms with Crippen molar-refractivity contribution in [3.63, 3.8) is 0 Å². The summed E-state index contributed by atoms with van der Waals surface area (Å²) in [6, 6.07) is 11.1. The van der Waals surface area contributed by atoms with Crippen LogP contribution in [0.4, 0.5) is 0 Å². The highest BCUT2D eigenvalue weighted by molar-refractivity contribution is 5.92. The van der Waals surface area contributed by atoms with Gasteiger partial charge >= 0.3 is 0 Å². The van der Waals surface area contributed by atoms with Gasteiger partial charge in [-0.2, -0.15) is 0 Å². The Kier molecular flexibility index (Phi) is 4.87. The fourth-order valence-electron chi connectivity index (χ4n) is 2.00. The van der Waals surface area contributed by atoms with Crippen LogP contribution in [0.5, 0.6) is 11.5 Å². The topological polar surface area (TPSA) is 52.5 Å². The Morgan fingerprint density at radius 3 is 2.57 bits per heavy atom. The van der Waals surface area contributed by atoms with Gasteiger partial charge in [0.25, 0.3) is 5.91 Å². The molecule has 2 aromatic rings. The molecule has 1 heterocycles. The molecule has 0 saturated heterocycles. The summed E-state index contributed by atoms with van der Waals surface area (Å²) in [6.07, 6.45) is 1.68. The van der Waals surface area contributed by atoms with E-state index < -0.39 is 0 Å². The van der Waals surface area contributed by atoms with E-state index in [2.05, 4.69) is 5.32 Å². The van der Waals surface area contributed by atoms with Gasteiger partial charge in [-0.15, -0.1) is 0 Å². The molecule has 0 aliphatic carbocycles. The highest BCUT2D eigenvalue weighted by Gasteiger charge is 2.12. The third-order valence-corrected chi connectivity index (χ3v) is 3.12. The van der Waals surface area contributed by atoms with E-state index in [0.29, 0.717) is 23.7 Å². The molecule has 1 aromatic heterocycles. The second-order valence-corrected chi connectivity index (χ2v) is 4.79. The SMILES string of the molecule is COc1ccccc1O[C@@H](C)CNC(=O)c1cccn1C. The molecule has 0 spiro atoms. The highest BCUT2D eigenvalue weighted by Crippen LogP contribution is 2.26. The van der Waals surface area contributed by atoms with E-state index in [1.54, 1.807) is 17.7 Å². The number of aromatic nitrogens is 1. The average molecular weight is 288 g/mol. The standard InChI is InChI=1S/C16H20N2O3/c1-12(21-15-9-5-4-8-14(15)20-3)11-17-16(19)13-7-6-10-18(13)2/h4-10,12H,11H2,1-3H3,(H,17,19)/t12-/m0/s1. The first-order valence-corrected chi connectivity index (χ1v) is 6.81. The zero-order valence-corrected chi connectivity index (χ0v) is 12.5. The van der Waals surface area contributed by atoms with Crippen molar-refractivity contribution < 1.29 is 14.3 Å². The van der Waals surface area contributed by atoms with Gasteiger partial charge in [-0.3, -0.25) is 4.79 Å². The van der Waals surface area contributed by atoms with Crippen LogP contribution in [0.3, 0.4) is 0 Å². The molecule has 0 bridgehead atoms. The van der Waals surface area contributed by atoms with Crippen LogP contribution in [0.25, 0.3) is 0 Å². The first kappa shape index (κ1) is 15.0. The monoisotopic (exact) mass is 288 g/mol. The molecule has 1 atom stereocenters. The summed E-state index contributed by atoms with van der Waals surface area (Å²) in [5.41, 5.74) is 0.625. The van der Waals surface area contributed by atoms with Crippen LogP contribution in [0.2, 0.25) is 0 Å². The highest BCUT2D eigenvalue weighted by atomic mass is 16.5. The number of carbonyl (C=O) groups excluding carboxylic acids is 1. The number of amides is 1. The van der Waals surface area contributed by atoms with Crippen molar-refractivity contribution in [1.82, 2.24) is 9.88 Å². The molecule has 2 rings (SSSR count). The molecule has 0 saturated carbocycles. The summed E-state index contributed by atoms with van der Waals surface area (Å²) in [4.78, 5) is 12.0. The van der Waals surface area contributed by atoms with Crippen LogP contribution >= 0.6 is 0 Å². The number of nitrogens with zero attached hydrogens (tertiary/aromatic N) is 1. The van der Waals surface area contributed by atoms with Gasteiger partial charge in [0.2, 0.25) is 0 Å². The number of benzene rings is 1. The third-order valence-electron chi connectivity index (χ3n) is 3.12. The normalized spacial score (nSPS) is 11.8. The van der Waals surface area contributed by atoms with Gasteiger partial charge in [0.1, 0.15) is 11.8 Å². The Morgan fingerprint density at radius 1 is 1.24 bits per heavy atom. The number of para-hydroxylation sites is 2. The van der Waals surface area contributed by atoms with Gasteiger partial charge in [-0.05, 0) is 31.2 Å². The van der Waals surface area contributed by atoms with E-state index in [4.69, 9.17) is 9.47 Å². The van der Waals surface area contributed by atoms with Crippen molar-refractivity contribution in [2.45, 2.75) is 13.0 Å². The van der Waals surface area contributed by atoms with Crippen molar-refractivity contribution in [3.05, 3.63) is 48.3 Å². The van der Waals surface area contributed by atoms with E-state index in [9.17, 15) is 4.79 Å². The second-order valence-electron chi connectivity index (χ2n) is 4.79. The van der Waals surface area contributed by atoms with Gasteiger partial charge in [-0.1, -0.05) is 12.1 Å². The largest absolute Gasteiger partial charge is 0.493 e. The Morgan fingerprint density at radius 2 is 1.95 bits per heavy atom. The molecular weight excluding hydrogens is 268 g/mol. The van der Waals surface area contributed by atoms with Gasteiger partial charge in [0, 0.05) is 13.2 Å². The minimum Gasteiger partial charge on any atom is -0.493 e. The molecule has 1 amide bonds. The summed E-state index contributed by atoms with van der Waals surface area (Å²) in [6.45, 7) is 2.32. The lowest BCUT2D eigenvalue weighted by atomic mass is 10.3. The summed E-state index contributed by atoms with van der Waals surface area (Å²) >= 11 is 0. The first-order valence-electron chi connectivity index (χ1n) is 6.81. The quantitative estimate of drug-likeness (QED) is 0.887. The number of hydrogen-bond donors (Lipinski definition) is 1. The predicted octanol–water partition coefficient (Wildman–Crippen LogP) is 2.23. The first-order chi connectivity index (χ1) is 10.1. The Hall–Kier alpha value is -2.43. The average Bonchev–Trinajstić information content (AvgIpc) is 2.91. The fourth-order valence-corrected chi connectivity index (χ4v) is 2.00. The van der Waals surface area contributed by atoms with Gasteiger partial charge in [0.05, 0.1) is 13.7 Å². The number of nitrogens with one attached hydrogen (secondary N) is 1. The Balaban J connectivity index is 1.89. The smallest absolute Gasteiger partial charge is 0.268 e. The Labute approximate surface area is 124 Å². The van der Waals surface area contributed by atoms with E-state index in [0.717, 1.165) is 0 Å². The van der Waals surface area contributed by atoms with E-state index >= 15 is 0 Å². The van der Waals surface area contributed by atoms with Crippen molar-refractivity contribution in [3.8, 4) is 11.5 Å². The van der Waals surface area contributed by atoms with Gasteiger partial charge in [0.15, 0.2) is 11.5 Å². The lowest BCUT2D eigenvalue weighted by molar-refractivity contribution is 0.0923. The lowest BCUT2D eigenvalue weighted by Crippen LogP contribution is -2.34. The summed E-state index contributed by atoms with van der Waals surface area (Å²) in [5, 5.41) is 2.86. The number of methoxy groups -OCH3 is 1. The van der Waals surface area contributed by atoms with Crippen molar-refractivity contribution in [2.24, 2.45) is 7.05 Å². The van der Waals surface area contributed by atoms with E-state index in [1.165, 1.54) is 0 Å². The molecule has 21 heavy (non-hydrogen) atoms. The van der Waals surface area contributed by atoms with Crippen LogP contribution in [-0.2, 0) is 7.05 Å². The molecule has 0 fully saturated rings. The van der Waals surface area contributed by atoms with Crippen LogP contribution in [0.15, 0.2) is 42.6 Å². The van der Waals surface area contributed by atoms with Crippen molar-refractivity contribution in [2.75, 3.05) is 13.7 Å².